The molecule has 0 amide bonds. The van der Waals surface area contributed by atoms with E-state index in [1.807, 2.05) is 6.07 Å². The monoisotopic (exact) mass is 240 g/mol. The summed E-state index contributed by atoms with van der Waals surface area (Å²) in [5, 5.41) is 17.6. The second-order valence-electron chi connectivity index (χ2n) is 3.31. The van der Waals surface area contributed by atoms with Gasteiger partial charge in [-0.05, 0) is 19.1 Å². The highest BCUT2D eigenvalue weighted by Crippen LogP contribution is 2.14. The van der Waals surface area contributed by atoms with Gasteiger partial charge in [0, 0.05) is 6.04 Å². The van der Waals surface area contributed by atoms with E-state index >= 15 is 0 Å². The van der Waals surface area contributed by atoms with Crippen molar-refractivity contribution in [3.63, 3.8) is 0 Å². The first-order valence-electron chi connectivity index (χ1n) is 4.63. The van der Waals surface area contributed by atoms with E-state index in [1.165, 1.54) is 19.1 Å². The molecule has 0 bridgehead atoms. The summed E-state index contributed by atoms with van der Waals surface area (Å²) >= 11 is 0. The predicted molar refractivity (Wildman–Crippen MR) is 58.0 cm³/mol. The van der Waals surface area contributed by atoms with Crippen LogP contribution in [0.2, 0.25) is 0 Å². The minimum atomic E-state index is -3.75. The second kappa shape index (κ2) is 5.07. The summed E-state index contributed by atoms with van der Waals surface area (Å²) in [6, 6.07) is 7.14. The Kier molecular flexibility index (Phi) is 4.01. The molecule has 1 atom stereocenters. The van der Waals surface area contributed by atoms with Crippen molar-refractivity contribution in [2.75, 3.05) is 6.61 Å². The summed E-state index contributed by atoms with van der Waals surface area (Å²) in [5.74, 6) is 0. The molecule has 6 heteroatoms. The summed E-state index contributed by atoms with van der Waals surface area (Å²) < 4.78 is 25.9. The lowest BCUT2D eigenvalue weighted by Gasteiger charge is -2.12. The molecule has 0 radical (unpaired) electrons. The first-order chi connectivity index (χ1) is 7.51. The van der Waals surface area contributed by atoms with E-state index in [0.29, 0.717) is 0 Å². The van der Waals surface area contributed by atoms with Crippen LogP contribution in [0.1, 0.15) is 12.5 Å². The van der Waals surface area contributed by atoms with E-state index in [0.717, 1.165) is 0 Å². The number of nitriles is 1. The van der Waals surface area contributed by atoms with Gasteiger partial charge >= 0.3 is 0 Å². The summed E-state index contributed by atoms with van der Waals surface area (Å²) in [4.78, 5) is -0.0715. The Bertz CT molecular complexity index is 505. The second-order valence-corrected chi connectivity index (χ2v) is 5.00. The third-order valence-electron chi connectivity index (χ3n) is 1.93. The largest absolute Gasteiger partial charge is 0.395 e. The van der Waals surface area contributed by atoms with Crippen molar-refractivity contribution in [3.8, 4) is 6.07 Å². The lowest BCUT2D eigenvalue weighted by Crippen LogP contribution is -2.35. The number of hydrogen-bond acceptors (Lipinski definition) is 4. The van der Waals surface area contributed by atoms with E-state index in [1.54, 1.807) is 12.1 Å². The fourth-order valence-electron chi connectivity index (χ4n) is 1.16. The molecule has 0 fully saturated rings. The van der Waals surface area contributed by atoms with E-state index < -0.39 is 16.1 Å². The van der Waals surface area contributed by atoms with Gasteiger partial charge in [-0.25, -0.2) is 13.1 Å². The van der Waals surface area contributed by atoms with E-state index in [-0.39, 0.29) is 17.1 Å². The van der Waals surface area contributed by atoms with Crippen LogP contribution in [0.3, 0.4) is 0 Å². The van der Waals surface area contributed by atoms with Crippen LogP contribution < -0.4 is 4.72 Å². The van der Waals surface area contributed by atoms with Gasteiger partial charge in [-0.3, -0.25) is 0 Å². The molecule has 1 aromatic carbocycles. The highest BCUT2D eigenvalue weighted by Gasteiger charge is 2.19. The zero-order valence-corrected chi connectivity index (χ0v) is 9.53. The van der Waals surface area contributed by atoms with Crippen molar-refractivity contribution < 1.29 is 13.5 Å². The van der Waals surface area contributed by atoms with Gasteiger partial charge in [0.05, 0.1) is 17.1 Å². The molecular formula is C10H12N2O3S. The van der Waals surface area contributed by atoms with Gasteiger partial charge < -0.3 is 5.11 Å². The average Bonchev–Trinajstić information content (AvgIpc) is 2.28. The lowest BCUT2D eigenvalue weighted by molar-refractivity contribution is 0.265. The number of hydrogen-bond donors (Lipinski definition) is 2. The Balaban J connectivity index is 3.13. The lowest BCUT2D eigenvalue weighted by atomic mass is 10.2. The molecule has 1 aromatic rings. The number of nitrogens with zero attached hydrogens (tertiary/aromatic N) is 1. The molecule has 1 unspecified atom stereocenters. The van der Waals surface area contributed by atoms with Crippen molar-refractivity contribution in [2.24, 2.45) is 0 Å². The highest BCUT2D eigenvalue weighted by atomic mass is 32.2. The first-order valence-corrected chi connectivity index (χ1v) is 6.12. The van der Waals surface area contributed by atoms with Gasteiger partial charge in [0.15, 0.2) is 0 Å². The van der Waals surface area contributed by atoms with Crippen LogP contribution in [-0.4, -0.2) is 26.2 Å². The minimum absolute atomic E-state index is 0.0715. The molecule has 0 saturated carbocycles. The quantitative estimate of drug-likeness (QED) is 0.787. The van der Waals surface area contributed by atoms with Crippen LogP contribution in [0, 0.1) is 11.3 Å². The van der Waals surface area contributed by atoms with Crippen molar-refractivity contribution in [3.05, 3.63) is 29.8 Å². The smallest absolute Gasteiger partial charge is 0.242 e. The molecule has 0 aromatic heterocycles. The molecular weight excluding hydrogens is 228 g/mol. The number of rotatable bonds is 4. The zero-order chi connectivity index (χ0) is 12.2. The molecule has 2 N–H and O–H groups in total. The van der Waals surface area contributed by atoms with E-state index in [4.69, 9.17) is 10.4 Å². The van der Waals surface area contributed by atoms with Crippen molar-refractivity contribution in [1.29, 1.82) is 5.26 Å². The summed E-state index contributed by atoms with van der Waals surface area (Å²) in [7, 11) is -3.75. The maximum absolute atomic E-state index is 11.8. The Morgan fingerprint density at radius 3 is 2.69 bits per heavy atom. The third-order valence-corrected chi connectivity index (χ3v) is 3.57. The molecule has 0 spiro atoms. The topological polar surface area (TPSA) is 90.2 Å². The fourth-order valence-corrected chi connectivity index (χ4v) is 2.55. The van der Waals surface area contributed by atoms with Crippen molar-refractivity contribution in [2.45, 2.75) is 17.9 Å². The molecule has 0 aliphatic carbocycles. The zero-order valence-electron chi connectivity index (χ0n) is 8.71. The highest BCUT2D eigenvalue weighted by molar-refractivity contribution is 7.89. The molecule has 0 aliphatic rings. The molecule has 5 nitrogen and oxygen atoms in total. The molecule has 0 heterocycles. The fraction of sp³-hybridized carbons (Fsp3) is 0.300. The average molecular weight is 240 g/mol. The van der Waals surface area contributed by atoms with Crippen LogP contribution >= 0.6 is 0 Å². The molecule has 0 saturated heterocycles. The standard InChI is InChI=1S/C10H12N2O3S/c1-8(7-13)12-16(14,15)10-5-3-2-4-9(10)6-11/h2-5,8,12-13H,7H2,1H3. The molecule has 0 aliphatic heterocycles. The van der Waals surface area contributed by atoms with Crippen molar-refractivity contribution in [1.82, 2.24) is 4.72 Å². The summed E-state index contributed by atoms with van der Waals surface area (Å²) in [6.07, 6.45) is 0. The van der Waals surface area contributed by atoms with Gasteiger partial charge in [0.25, 0.3) is 0 Å². The van der Waals surface area contributed by atoms with Gasteiger partial charge in [0.2, 0.25) is 10.0 Å². The van der Waals surface area contributed by atoms with E-state index in [9.17, 15) is 8.42 Å². The van der Waals surface area contributed by atoms with Gasteiger partial charge in [-0.15, -0.1) is 0 Å². The van der Waals surface area contributed by atoms with Gasteiger partial charge in [-0.2, -0.15) is 5.26 Å². The normalized spacial score (nSPS) is 13.1. The van der Waals surface area contributed by atoms with E-state index in [2.05, 4.69) is 4.72 Å². The SMILES string of the molecule is CC(CO)NS(=O)(=O)c1ccccc1C#N. The Morgan fingerprint density at radius 2 is 2.12 bits per heavy atom. The van der Waals surface area contributed by atoms with Crippen LogP contribution in [0.25, 0.3) is 0 Å². The third kappa shape index (κ3) is 2.79. The summed E-state index contributed by atoms with van der Waals surface area (Å²) in [5.41, 5.74) is 0.0835. The van der Waals surface area contributed by atoms with Gasteiger partial charge in [-0.1, -0.05) is 12.1 Å². The number of aliphatic hydroxyl groups is 1. The van der Waals surface area contributed by atoms with Crippen LogP contribution in [0.4, 0.5) is 0 Å². The molecule has 16 heavy (non-hydrogen) atoms. The first kappa shape index (κ1) is 12.6. The van der Waals surface area contributed by atoms with Gasteiger partial charge in [0.1, 0.15) is 6.07 Å². The Hall–Kier alpha value is -1.42. The molecule has 1 rings (SSSR count). The van der Waals surface area contributed by atoms with Crippen LogP contribution in [0.5, 0.6) is 0 Å². The number of sulfonamides is 1. The summed E-state index contributed by atoms with van der Waals surface area (Å²) in [6.45, 7) is 1.24. The number of aliphatic hydroxyl groups excluding tert-OH is 1. The van der Waals surface area contributed by atoms with Crippen LogP contribution in [-0.2, 0) is 10.0 Å². The predicted octanol–water partition coefficient (Wildman–Crippen LogP) is 0.217. The molecule has 86 valence electrons. The Labute approximate surface area is 94.4 Å². The number of nitrogens with one attached hydrogen (secondary N) is 1. The van der Waals surface area contributed by atoms with Crippen LogP contribution in [0.15, 0.2) is 29.2 Å². The van der Waals surface area contributed by atoms with Crippen molar-refractivity contribution >= 4 is 10.0 Å². The number of benzene rings is 1. The maximum Gasteiger partial charge on any atom is 0.242 e. The Morgan fingerprint density at radius 1 is 1.50 bits per heavy atom. The maximum atomic E-state index is 11.8. The minimum Gasteiger partial charge on any atom is -0.395 e.